The summed E-state index contributed by atoms with van der Waals surface area (Å²) in [5, 5.41) is 7.25. The molecule has 2 atom stereocenters. The maximum atomic E-state index is 14.5. The Bertz CT molecular complexity index is 1540. The molecule has 1 aliphatic carbocycles. The number of hydrogen-bond acceptors (Lipinski definition) is 5. The van der Waals surface area contributed by atoms with Crippen LogP contribution < -0.4 is 20.3 Å². The average molecular weight is 601 g/mol. The number of carbonyl (C=O) groups is 1. The van der Waals surface area contributed by atoms with E-state index in [1.54, 1.807) is 7.11 Å². The predicted octanol–water partition coefficient (Wildman–Crippen LogP) is 5.63. The van der Waals surface area contributed by atoms with Crippen molar-refractivity contribution in [2.45, 2.75) is 63.7 Å². The number of methoxy groups -OCH3 is 1. The molecule has 3 aromatic carbocycles. The Morgan fingerprint density at radius 3 is 2.57 bits per heavy atom. The lowest BCUT2D eigenvalue weighted by molar-refractivity contribution is -0.128. The first-order valence-electron chi connectivity index (χ1n) is 15.7. The molecule has 2 fully saturated rings. The molecular formula is C36H42F2N4O2. The highest BCUT2D eigenvalue weighted by Crippen LogP contribution is 2.37. The van der Waals surface area contributed by atoms with Gasteiger partial charge in [-0.1, -0.05) is 36.4 Å². The summed E-state index contributed by atoms with van der Waals surface area (Å²) >= 11 is 0. The molecule has 8 heteroatoms. The third-order valence-corrected chi connectivity index (χ3v) is 9.32. The number of piperazine rings is 1. The van der Waals surface area contributed by atoms with Crippen LogP contribution in [-0.4, -0.2) is 62.7 Å². The maximum Gasteiger partial charge on any atom is 0.252 e. The average Bonchev–Trinajstić information content (AvgIpc) is 3.86. The van der Waals surface area contributed by atoms with E-state index in [1.807, 2.05) is 24.1 Å². The smallest absolute Gasteiger partial charge is 0.252 e. The number of aryl methyl sites for hydroxylation is 1. The highest BCUT2D eigenvalue weighted by atomic mass is 19.1. The molecule has 6 nitrogen and oxygen atoms in total. The molecule has 2 heterocycles. The molecule has 2 N–H and O–H groups in total. The third kappa shape index (κ3) is 6.52. The lowest BCUT2D eigenvalue weighted by atomic mass is 9.83. The number of amides is 1. The summed E-state index contributed by atoms with van der Waals surface area (Å²) < 4.78 is 33.0. The van der Waals surface area contributed by atoms with Crippen molar-refractivity contribution in [3.8, 4) is 5.75 Å². The van der Waals surface area contributed by atoms with Crippen molar-refractivity contribution in [1.82, 2.24) is 15.5 Å². The van der Waals surface area contributed by atoms with Crippen molar-refractivity contribution in [1.29, 1.82) is 0 Å². The first kappa shape index (κ1) is 30.3. The molecule has 232 valence electrons. The Morgan fingerprint density at radius 1 is 1.05 bits per heavy atom. The fourth-order valence-electron chi connectivity index (χ4n) is 6.69. The summed E-state index contributed by atoms with van der Waals surface area (Å²) in [7, 11) is 3.51. The van der Waals surface area contributed by atoms with Gasteiger partial charge in [-0.3, -0.25) is 4.79 Å². The Balaban J connectivity index is 1.21. The summed E-state index contributed by atoms with van der Waals surface area (Å²) in [5.74, 6) is -0.139. The third-order valence-electron chi connectivity index (χ3n) is 9.32. The molecule has 1 amide bonds. The zero-order chi connectivity index (χ0) is 30.8. The quantitative estimate of drug-likeness (QED) is 0.299. The van der Waals surface area contributed by atoms with E-state index in [4.69, 9.17) is 4.74 Å². The number of anilines is 1. The molecule has 2 bridgehead atoms. The van der Waals surface area contributed by atoms with Gasteiger partial charge in [0.1, 0.15) is 17.4 Å². The zero-order valence-electron chi connectivity index (χ0n) is 25.8. The van der Waals surface area contributed by atoms with Crippen LogP contribution in [0.1, 0.15) is 47.9 Å². The van der Waals surface area contributed by atoms with Crippen molar-refractivity contribution in [3.05, 3.63) is 100 Å². The Kier molecular flexibility index (Phi) is 9.01. The van der Waals surface area contributed by atoms with Gasteiger partial charge in [-0.25, -0.2) is 8.78 Å². The molecule has 0 radical (unpaired) electrons. The number of nitrogens with zero attached hydrogens (tertiary/aromatic N) is 2. The van der Waals surface area contributed by atoms with Gasteiger partial charge in [0.2, 0.25) is 0 Å². The monoisotopic (exact) mass is 600 g/mol. The fourth-order valence-corrected chi connectivity index (χ4v) is 6.69. The van der Waals surface area contributed by atoms with E-state index in [2.05, 4.69) is 52.8 Å². The normalized spacial score (nSPS) is 19.6. The number of rotatable bonds is 11. The van der Waals surface area contributed by atoms with E-state index in [0.29, 0.717) is 18.8 Å². The lowest BCUT2D eigenvalue weighted by Gasteiger charge is -2.41. The SMILES string of the molecule is COc1cccc(CN(C(=O)C2=C(c3ccc(CCCN(C)c4ccc(F)cc4F)cc3)C[C@H]3CNC[C@H]2N3)C2CC2)c1C. The van der Waals surface area contributed by atoms with Gasteiger partial charge in [0, 0.05) is 56.9 Å². The summed E-state index contributed by atoms with van der Waals surface area (Å²) in [5.41, 5.74) is 6.93. The van der Waals surface area contributed by atoms with Gasteiger partial charge in [0.25, 0.3) is 5.91 Å². The highest BCUT2D eigenvalue weighted by Gasteiger charge is 2.41. The van der Waals surface area contributed by atoms with E-state index < -0.39 is 11.6 Å². The number of ether oxygens (including phenoxy) is 1. The van der Waals surface area contributed by atoms with Crippen molar-refractivity contribution in [2.75, 3.05) is 38.7 Å². The van der Waals surface area contributed by atoms with Crippen LogP contribution in [0.3, 0.4) is 0 Å². The lowest BCUT2D eigenvalue weighted by Crippen LogP contribution is -2.60. The van der Waals surface area contributed by atoms with Crippen LogP contribution in [0.4, 0.5) is 14.5 Å². The maximum absolute atomic E-state index is 14.5. The van der Waals surface area contributed by atoms with Crippen LogP contribution in [0.5, 0.6) is 5.75 Å². The summed E-state index contributed by atoms with van der Waals surface area (Å²) in [4.78, 5) is 18.4. The molecule has 1 saturated heterocycles. The molecule has 3 aromatic rings. The van der Waals surface area contributed by atoms with E-state index in [-0.39, 0.29) is 24.0 Å². The number of carbonyl (C=O) groups excluding carboxylic acids is 1. The first-order valence-corrected chi connectivity index (χ1v) is 15.7. The number of fused-ring (bicyclic) bond motifs is 2. The predicted molar refractivity (Wildman–Crippen MR) is 171 cm³/mol. The Hall–Kier alpha value is -3.75. The minimum absolute atomic E-state index is 0.0280. The second-order valence-electron chi connectivity index (χ2n) is 12.4. The first-order chi connectivity index (χ1) is 21.3. The van der Waals surface area contributed by atoms with E-state index in [0.717, 1.165) is 84.8 Å². The van der Waals surface area contributed by atoms with Crippen LogP contribution in [0.15, 0.2) is 66.2 Å². The molecule has 0 spiro atoms. The number of nitrogens with one attached hydrogen (secondary N) is 2. The topological polar surface area (TPSA) is 56.8 Å². The molecule has 3 aliphatic rings. The minimum Gasteiger partial charge on any atom is -0.496 e. The van der Waals surface area contributed by atoms with Gasteiger partial charge in [-0.15, -0.1) is 0 Å². The standard InChI is InChI=1S/C36H42F2N4O2/c1-23-26(7-4-8-34(23)44-3)22-42(29-14-15-29)36(43)35-30(19-28-20-39-21-32(35)40-28)25-11-9-24(10-12-25)6-5-17-41(2)33-16-13-27(37)18-31(33)38/h4,7-13,16,18,28-29,32,39-40H,5-6,14-15,17,19-22H2,1-3H3/t28-,32+/m0/s1. The van der Waals surface area contributed by atoms with Crippen molar-refractivity contribution >= 4 is 17.2 Å². The largest absolute Gasteiger partial charge is 0.496 e. The number of benzene rings is 3. The minimum atomic E-state index is -0.569. The van der Waals surface area contributed by atoms with Crippen molar-refractivity contribution in [2.24, 2.45) is 0 Å². The summed E-state index contributed by atoms with van der Waals surface area (Å²) in [6.45, 7) is 4.91. The second-order valence-corrected chi connectivity index (χ2v) is 12.4. The molecule has 44 heavy (non-hydrogen) atoms. The molecular weight excluding hydrogens is 558 g/mol. The highest BCUT2D eigenvalue weighted by molar-refractivity contribution is 6.03. The van der Waals surface area contributed by atoms with Crippen LogP contribution in [0, 0.1) is 18.6 Å². The van der Waals surface area contributed by atoms with Gasteiger partial charge in [-0.05, 0) is 85.1 Å². The van der Waals surface area contributed by atoms with E-state index in [1.165, 1.54) is 17.7 Å². The van der Waals surface area contributed by atoms with Crippen LogP contribution in [0.25, 0.3) is 5.57 Å². The second kappa shape index (κ2) is 13.1. The van der Waals surface area contributed by atoms with Gasteiger partial charge < -0.3 is 25.2 Å². The van der Waals surface area contributed by atoms with Crippen LogP contribution >= 0.6 is 0 Å². The number of halogens is 2. The molecule has 0 aromatic heterocycles. The molecule has 2 aliphatic heterocycles. The van der Waals surface area contributed by atoms with Gasteiger partial charge >= 0.3 is 0 Å². The Morgan fingerprint density at radius 2 is 1.84 bits per heavy atom. The molecule has 0 unspecified atom stereocenters. The van der Waals surface area contributed by atoms with Crippen molar-refractivity contribution in [3.63, 3.8) is 0 Å². The Labute approximate surface area is 259 Å². The van der Waals surface area contributed by atoms with Gasteiger partial charge in [0.15, 0.2) is 0 Å². The zero-order valence-corrected chi connectivity index (χ0v) is 25.8. The summed E-state index contributed by atoms with van der Waals surface area (Å²) in [6, 6.07) is 18.9. The summed E-state index contributed by atoms with van der Waals surface area (Å²) in [6.07, 6.45) is 4.54. The van der Waals surface area contributed by atoms with Crippen LogP contribution in [0.2, 0.25) is 0 Å². The van der Waals surface area contributed by atoms with E-state index >= 15 is 0 Å². The van der Waals surface area contributed by atoms with Gasteiger partial charge in [0.05, 0.1) is 18.8 Å². The molecule has 6 rings (SSSR count). The number of hydrogen-bond donors (Lipinski definition) is 2. The van der Waals surface area contributed by atoms with E-state index in [9.17, 15) is 13.6 Å². The fraction of sp³-hybridized carbons (Fsp3) is 0.417. The van der Waals surface area contributed by atoms with Crippen molar-refractivity contribution < 1.29 is 18.3 Å². The van der Waals surface area contributed by atoms with Gasteiger partial charge in [-0.2, -0.15) is 0 Å². The molecule has 1 saturated carbocycles. The van der Waals surface area contributed by atoms with Crippen LogP contribution in [-0.2, 0) is 17.8 Å².